The molecule has 5 rings (SSSR count). The topological polar surface area (TPSA) is 75.9 Å². The fourth-order valence-electron chi connectivity index (χ4n) is 4.99. The Hall–Kier alpha value is -3.48. The van der Waals surface area contributed by atoms with Crippen LogP contribution >= 0.6 is 0 Å². The van der Waals surface area contributed by atoms with Crippen LogP contribution in [0.15, 0.2) is 60.1 Å². The zero-order valence-electron chi connectivity index (χ0n) is 19.7. The van der Waals surface area contributed by atoms with Gasteiger partial charge in [0, 0.05) is 54.4 Å². The molecule has 7 nitrogen and oxygen atoms in total. The van der Waals surface area contributed by atoms with Crippen LogP contribution in [0.1, 0.15) is 52.1 Å². The van der Waals surface area contributed by atoms with Crippen molar-refractivity contribution in [1.82, 2.24) is 19.7 Å². The van der Waals surface area contributed by atoms with Gasteiger partial charge in [0.1, 0.15) is 6.04 Å². The van der Waals surface area contributed by atoms with Crippen molar-refractivity contribution >= 4 is 17.4 Å². The second-order valence-corrected chi connectivity index (χ2v) is 9.57. The second-order valence-electron chi connectivity index (χ2n) is 9.57. The Morgan fingerprint density at radius 1 is 1.12 bits per heavy atom. The van der Waals surface area contributed by atoms with E-state index in [2.05, 4.69) is 67.2 Å². The van der Waals surface area contributed by atoms with E-state index in [9.17, 15) is 4.79 Å². The highest BCUT2D eigenvalue weighted by molar-refractivity contribution is 6.00. The second kappa shape index (κ2) is 8.14. The summed E-state index contributed by atoms with van der Waals surface area (Å²) in [5, 5.41) is 8.31. The zero-order chi connectivity index (χ0) is 23.2. The van der Waals surface area contributed by atoms with Crippen molar-refractivity contribution in [2.45, 2.75) is 46.6 Å². The summed E-state index contributed by atoms with van der Waals surface area (Å²) < 4.78 is 1.85. The van der Waals surface area contributed by atoms with Crippen molar-refractivity contribution < 1.29 is 4.79 Å². The van der Waals surface area contributed by atoms with Crippen LogP contribution in [-0.2, 0) is 4.79 Å². The number of pyridine rings is 1. The van der Waals surface area contributed by atoms with Gasteiger partial charge in [0.15, 0.2) is 11.6 Å². The van der Waals surface area contributed by atoms with Crippen LogP contribution in [0.3, 0.4) is 0 Å². The molecule has 2 aromatic heterocycles. The number of rotatable bonds is 5. The number of carbonyl (C=O) groups is 1. The largest absolute Gasteiger partial charge is 0.372 e. The molecule has 0 bridgehead atoms. The molecule has 1 atom stereocenters. The van der Waals surface area contributed by atoms with E-state index < -0.39 is 0 Å². The van der Waals surface area contributed by atoms with Crippen molar-refractivity contribution in [3.8, 4) is 11.4 Å². The minimum absolute atomic E-state index is 0.0896. The van der Waals surface area contributed by atoms with E-state index in [0.717, 1.165) is 41.9 Å². The summed E-state index contributed by atoms with van der Waals surface area (Å²) in [5.41, 5.74) is 4.71. The highest BCUT2D eigenvalue weighted by Gasteiger charge is 2.42. The fourth-order valence-corrected chi connectivity index (χ4v) is 4.99. The van der Waals surface area contributed by atoms with E-state index in [1.54, 1.807) is 6.20 Å². The Bertz CT molecular complexity index is 1210. The number of allylic oxidation sites excluding steroid dienone is 2. The summed E-state index contributed by atoms with van der Waals surface area (Å²) in [6.45, 7) is 10.5. The number of anilines is 2. The van der Waals surface area contributed by atoms with Crippen LogP contribution in [0, 0.1) is 5.41 Å². The molecule has 0 fully saturated rings. The van der Waals surface area contributed by atoms with E-state index in [4.69, 9.17) is 10.1 Å². The molecule has 3 heterocycles. The molecule has 33 heavy (non-hydrogen) atoms. The molecule has 7 heteroatoms. The number of hydrogen-bond donors (Lipinski definition) is 1. The molecule has 1 aliphatic carbocycles. The number of aromatic nitrogens is 4. The predicted molar refractivity (Wildman–Crippen MR) is 130 cm³/mol. The van der Waals surface area contributed by atoms with Gasteiger partial charge in [-0.15, -0.1) is 5.10 Å². The van der Waals surface area contributed by atoms with Crippen molar-refractivity contribution in [2.24, 2.45) is 5.41 Å². The third-order valence-electron chi connectivity index (χ3n) is 6.59. The lowest BCUT2D eigenvalue weighted by molar-refractivity contribution is -0.118. The minimum atomic E-state index is -0.329. The lowest BCUT2D eigenvalue weighted by Crippen LogP contribution is -2.36. The highest BCUT2D eigenvalue weighted by Crippen LogP contribution is 2.45. The summed E-state index contributed by atoms with van der Waals surface area (Å²) in [7, 11) is 0. The van der Waals surface area contributed by atoms with Gasteiger partial charge in [-0.25, -0.2) is 4.68 Å². The van der Waals surface area contributed by atoms with Crippen molar-refractivity contribution in [3.63, 3.8) is 0 Å². The van der Waals surface area contributed by atoms with Gasteiger partial charge in [0.2, 0.25) is 5.95 Å². The Balaban J connectivity index is 1.58. The van der Waals surface area contributed by atoms with Gasteiger partial charge in [-0.1, -0.05) is 19.9 Å². The maximum Gasteiger partial charge on any atom is 0.226 e. The quantitative estimate of drug-likeness (QED) is 0.609. The molecule has 3 aromatic rings. The molecule has 0 spiro atoms. The van der Waals surface area contributed by atoms with E-state index in [-0.39, 0.29) is 17.2 Å². The number of nitrogens with zero attached hydrogens (tertiary/aromatic N) is 5. The molecular weight excluding hydrogens is 412 g/mol. The molecule has 0 radical (unpaired) electrons. The number of nitrogens with one attached hydrogen (secondary N) is 1. The van der Waals surface area contributed by atoms with Gasteiger partial charge in [0.05, 0.1) is 0 Å². The van der Waals surface area contributed by atoms with Crippen molar-refractivity contribution in [3.05, 3.63) is 65.6 Å². The first-order valence-electron chi connectivity index (χ1n) is 11.7. The minimum Gasteiger partial charge on any atom is -0.372 e. The van der Waals surface area contributed by atoms with Gasteiger partial charge < -0.3 is 10.2 Å². The monoisotopic (exact) mass is 442 g/mol. The summed E-state index contributed by atoms with van der Waals surface area (Å²) >= 11 is 0. The average molecular weight is 443 g/mol. The lowest BCUT2D eigenvalue weighted by Gasteiger charge is -2.38. The Kier molecular flexibility index (Phi) is 5.27. The number of Topliss-reactive ketones (excluding diaryl/α,β-unsaturated/α-hetero) is 1. The number of fused-ring (bicyclic) bond motifs is 1. The van der Waals surface area contributed by atoms with E-state index in [1.165, 1.54) is 5.69 Å². The first-order valence-corrected chi connectivity index (χ1v) is 11.7. The SMILES string of the molecule is CCN(CC)c1ccc(-c2nc3n(n2)C(c2cccnc2)C2=C(CC(C)(C)CC2=O)N3)cc1. The van der Waals surface area contributed by atoms with E-state index in [1.807, 2.05) is 23.0 Å². The number of hydrogen-bond acceptors (Lipinski definition) is 6. The maximum absolute atomic E-state index is 13.3. The summed E-state index contributed by atoms with van der Waals surface area (Å²) in [6, 6.07) is 11.9. The van der Waals surface area contributed by atoms with Crippen LogP contribution in [0.2, 0.25) is 0 Å². The first-order chi connectivity index (χ1) is 15.9. The molecule has 170 valence electrons. The molecule has 1 aliphatic heterocycles. The third-order valence-corrected chi connectivity index (χ3v) is 6.59. The maximum atomic E-state index is 13.3. The smallest absolute Gasteiger partial charge is 0.226 e. The zero-order valence-corrected chi connectivity index (χ0v) is 19.7. The molecule has 0 amide bonds. The summed E-state index contributed by atoms with van der Waals surface area (Å²) in [4.78, 5) is 24.7. The Morgan fingerprint density at radius 2 is 1.88 bits per heavy atom. The first kappa shape index (κ1) is 21.4. The molecule has 0 saturated heterocycles. The van der Waals surface area contributed by atoms with E-state index >= 15 is 0 Å². The predicted octanol–water partition coefficient (Wildman–Crippen LogP) is 4.84. The highest BCUT2D eigenvalue weighted by atomic mass is 16.1. The van der Waals surface area contributed by atoms with Gasteiger partial charge >= 0.3 is 0 Å². The standard InChI is InChI=1S/C26H30N6O/c1-5-31(6-2)19-11-9-17(10-12-19)24-29-25-28-20-14-26(3,4)15-21(33)22(20)23(32(25)30-24)18-8-7-13-27-16-18/h7-13,16,23H,5-6,14-15H2,1-4H3,(H,28,29,30). The summed E-state index contributed by atoms with van der Waals surface area (Å²) in [5.74, 6) is 1.47. The van der Waals surface area contributed by atoms with Crippen LogP contribution in [0.5, 0.6) is 0 Å². The van der Waals surface area contributed by atoms with Crippen molar-refractivity contribution in [2.75, 3.05) is 23.3 Å². The number of benzene rings is 1. The molecule has 1 unspecified atom stereocenters. The number of ketones is 1. The van der Waals surface area contributed by atoms with E-state index in [0.29, 0.717) is 18.2 Å². The van der Waals surface area contributed by atoms with Gasteiger partial charge in [-0.2, -0.15) is 4.98 Å². The molecular formula is C26H30N6O. The third kappa shape index (κ3) is 3.81. The lowest BCUT2D eigenvalue weighted by atomic mass is 9.73. The molecule has 2 aliphatic rings. The van der Waals surface area contributed by atoms with Gasteiger partial charge in [-0.05, 0) is 61.6 Å². The number of carbonyl (C=O) groups excluding carboxylic acids is 1. The van der Waals surface area contributed by atoms with Gasteiger partial charge in [-0.3, -0.25) is 9.78 Å². The van der Waals surface area contributed by atoms with Crippen LogP contribution in [0.4, 0.5) is 11.6 Å². The van der Waals surface area contributed by atoms with Crippen LogP contribution < -0.4 is 10.2 Å². The van der Waals surface area contributed by atoms with Crippen LogP contribution in [0.25, 0.3) is 11.4 Å². The summed E-state index contributed by atoms with van der Waals surface area (Å²) in [6.07, 6.45) is 4.88. The van der Waals surface area contributed by atoms with Gasteiger partial charge in [0.25, 0.3) is 0 Å². The van der Waals surface area contributed by atoms with Crippen molar-refractivity contribution in [1.29, 1.82) is 0 Å². The molecule has 1 aromatic carbocycles. The average Bonchev–Trinajstić information content (AvgIpc) is 3.22. The molecule has 1 N–H and O–H groups in total. The van der Waals surface area contributed by atoms with Crippen LogP contribution in [-0.4, -0.2) is 38.6 Å². The normalized spacial score (nSPS) is 19.0. The molecule has 0 saturated carbocycles. The fraction of sp³-hybridized carbons (Fsp3) is 0.385. The Morgan fingerprint density at radius 3 is 2.55 bits per heavy atom. The Labute approximate surface area is 194 Å².